The van der Waals surface area contributed by atoms with Crippen molar-refractivity contribution in [2.75, 3.05) is 27.9 Å². The lowest BCUT2D eigenvalue weighted by atomic mass is 9.99. The Bertz CT molecular complexity index is 1280. The molecule has 0 unspecified atom stereocenters. The molecule has 0 amide bonds. The Balaban J connectivity index is 1.70. The first kappa shape index (κ1) is 25.5. The molecule has 194 valence electrons. The molecular weight excluding hydrogens is 480 g/mol. The summed E-state index contributed by atoms with van der Waals surface area (Å²) < 4.78 is 32.5. The highest BCUT2D eigenvalue weighted by Gasteiger charge is 2.44. The molecule has 1 saturated heterocycles. The summed E-state index contributed by atoms with van der Waals surface area (Å²) >= 11 is 0. The van der Waals surface area contributed by atoms with Gasteiger partial charge in [-0.2, -0.15) is 0 Å². The van der Waals surface area contributed by atoms with Gasteiger partial charge in [0.15, 0.2) is 17.3 Å². The Morgan fingerprint density at radius 1 is 0.917 bits per heavy atom. The third-order valence-electron chi connectivity index (χ3n) is 5.88. The maximum atomic E-state index is 13.1. The standard InChI is InChI=1S/C24H26O12/c1-31-13-8-12-15(17(27)22(13)32-2)18(28)23(33-3)21(35-12)10-4-6-11(7-5-10)34-24-20(30)19(29)16(26)14(9-25)36-24/h4-8,14,16,19-20,24-27,29-30H,9H2,1-3H3/t14-,16+,19+,20-,24+/m1/s1. The molecule has 3 aromatic rings. The van der Waals surface area contributed by atoms with Crippen LogP contribution in [0.25, 0.3) is 22.3 Å². The number of hydrogen-bond acceptors (Lipinski definition) is 12. The average molecular weight is 506 g/mol. The van der Waals surface area contributed by atoms with Crippen molar-refractivity contribution in [3.8, 4) is 40.1 Å². The normalized spacial score (nSPS) is 23.9. The van der Waals surface area contributed by atoms with Crippen molar-refractivity contribution in [2.45, 2.75) is 30.7 Å². The molecule has 5 N–H and O–H groups in total. The maximum Gasteiger partial charge on any atom is 0.239 e. The number of aliphatic hydroxyl groups is 4. The van der Waals surface area contributed by atoms with Crippen molar-refractivity contribution in [1.82, 2.24) is 0 Å². The second-order valence-corrected chi connectivity index (χ2v) is 7.97. The predicted molar refractivity (Wildman–Crippen MR) is 124 cm³/mol. The summed E-state index contributed by atoms with van der Waals surface area (Å²) in [7, 11) is 3.99. The van der Waals surface area contributed by atoms with Gasteiger partial charge in [0.05, 0.1) is 27.9 Å². The zero-order chi connectivity index (χ0) is 26.1. The molecule has 0 radical (unpaired) electrons. The number of aliphatic hydroxyl groups excluding tert-OH is 4. The Kier molecular flexibility index (Phi) is 7.24. The van der Waals surface area contributed by atoms with Gasteiger partial charge in [-0.25, -0.2) is 0 Å². The minimum absolute atomic E-state index is 0.0261. The molecule has 2 heterocycles. The molecule has 2 aromatic carbocycles. The molecule has 5 atom stereocenters. The first-order valence-corrected chi connectivity index (χ1v) is 10.8. The van der Waals surface area contributed by atoms with Crippen molar-refractivity contribution in [1.29, 1.82) is 0 Å². The van der Waals surface area contributed by atoms with Gasteiger partial charge in [-0.15, -0.1) is 0 Å². The number of benzene rings is 2. The van der Waals surface area contributed by atoms with E-state index in [1.807, 2.05) is 0 Å². The van der Waals surface area contributed by atoms with Crippen molar-refractivity contribution in [3.05, 3.63) is 40.6 Å². The first-order valence-electron chi connectivity index (χ1n) is 10.8. The number of hydrogen-bond donors (Lipinski definition) is 5. The zero-order valence-electron chi connectivity index (χ0n) is 19.6. The van der Waals surface area contributed by atoms with Crippen LogP contribution < -0.4 is 24.4 Å². The lowest BCUT2D eigenvalue weighted by Gasteiger charge is -2.39. The van der Waals surface area contributed by atoms with Gasteiger partial charge in [0.1, 0.15) is 41.1 Å². The average Bonchev–Trinajstić information content (AvgIpc) is 2.88. The minimum atomic E-state index is -1.58. The highest BCUT2D eigenvalue weighted by Crippen LogP contribution is 2.43. The summed E-state index contributed by atoms with van der Waals surface area (Å²) in [6.45, 7) is -0.587. The Morgan fingerprint density at radius 3 is 2.17 bits per heavy atom. The monoisotopic (exact) mass is 506 g/mol. The molecule has 0 bridgehead atoms. The minimum Gasteiger partial charge on any atom is -0.504 e. The molecule has 1 aliphatic rings. The van der Waals surface area contributed by atoms with Crippen molar-refractivity contribution in [3.63, 3.8) is 0 Å². The first-order chi connectivity index (χ1) is 17.2. The van der Waals surface area contributed by atoms with Crippen LogP contribution in [0.2, 0.25) is 0 Å². The van der Waals surface area contributed by atoms with Gasteiger partial charge >= 0.3 is 0 Å². The molecule has 1 aromatic heterocycles. The van der Waals surface area contributed by atoms with Crippen LogP contribution in [-0.2, 0) is 4.74 Å². The van der Waals surface area contributed by atoms with Crippen LogP contribution in [0.4, 0.5) is 0 Å². The fraction of sp³-hybridized carbons (Fsp3) is 0.375. The van der Waals surface area contributed by atoms with Crippen LogP contribution in [0.15, 0.2) is 39.5 Å². The molecule has 0 aliphatic carbocycles. The summed E-state index contributed by atoms with van der Waals surface area (Å²) in [5.41, 5.74) is -0.178. The fourth-order valence-electron chi connectivity index (χ4n) is 3.98. The fourth-order valence-corrected chi connectivity index (χ4v) is 3.98. The maximum absolute atomic E-state index is 13.1. The number of aromatic hydroxyl groups is 1. The van der Waals surface area contributed by atoms with E-state index in [0.717, 1.165) is 0 Å². The van der Waals surface area contributed by atoms with E-state index in [0.29, 0.717) is 5.56 Å². The van der Waals surface area contributed by atoms with Crippen LogP contribution >= 0.6 is 0 Å². The van der Waals surface area contributed by atoms with E-state index in [2.05, 4.69) is 0 Å². The van der Waals surface area contributed by atoms with Gasteiger partial charge < -0.3 is 53.6 Å². The van der Waals surface area contributed by atoms with Crippen LogP contribution in [0.3, 0.4) is 0 Å². The van der Waals surface area contributed by atoms with Crippen LogP contribution in [-0.4, -0.2) is 84.2 Å². The topological polar surface area (TPSA) is 178 Å². The molecule has 12 heteroatoms. The summed E-state index contributed by atoms with van der Waals surface area (Å²) in [6, 6.07) is 7.49. The smallest absolute Gasteiger partial charge is 0.239 e. The third kappa shape index (κ3) is 4.29. The van der Waals surface area contributed by atoms with E-state index in [1.165, 1.54) is 39.5 Å². The summed E-state index contributed by atoms with van der Waals surface area (Å²) in [5.74, 6) is -0.191. The van der Waals surface area contributed by atoms with Gasteiger partial charge in [0, 0.05) is 11.6 Å². The molecule has 12 nitrogen and oxygen atoms in total. The number of phenolic OH excluding ortho intramolecular Hbond substituents is 1. The second-order valence-electron chi connectivity index (χ2n) is 7.97. The summed E-state index contributed by atoms with van der Waals surface area (Å²) in [4.78, 5) is 13.1. The van der Waals surface area contributed by atoms with E-state index >= 15 is 0 Å². The van der Waals surface area contributed by atoms with Gasteiger partial charge in [0.2, 0.25) is 23.2 Å². The van der Waals surface area contributed by atoms with Gasteiger partial charge in [-0.1, -0.05) is 0 Å². The molecule has 0 saturated carbocycles. The van der Waals surface area contributed by atoms with Crippen LogP contribution in [0, 0.1) is 0 Å². The SMILES string of the molecule is COc1cc2oc(-c3ccc(O[C@H]4O[C@H](CO)[C@H](O)[C@H](O)[C@H]4O)cc3)c(OC)c(=O)c2c(O)c1OC. The van der Waals surface area contributed by atoms with E-state index in [-0.39, 0.29) is 39.7 Å². The quantitative estimate of drug-likeness (QED) is 0.298. The highest BCUT2D eigenvalue weighted by molar-refractivity contribution is 5.91. The Morgan fingerprint density at radius 2 is 1.58 bits per heavy atom. The van der Waals surface area contributed by atoms with E-state index in [9.17, 15) is 30.3 Å². The molecule has 1 fully saturated rings. The largest absolute Gasteiger partial charge is 0.504 e. The molecular formula is C24H26O12. The van der Waals surface area contributed by atoms with E-state index < -0.39 is 48.5 Å². The summed E-state index contributed by atoms with van der Waals surface area (Å²) in [5, 5.41) is 49.8. The second kappa shape index (κ2) is 10.2. The number of rotatable bonds is 7. The predicted octanol–water partition coefficient (Wildman–Crippen LogP) is 0.370. The highest BCUT2D eigenvalue weighted by atomic mass is 16.7. The van der Waals surface area contributed by atoms with Crippen LogP contribution in [0.1, 0.15) is 0 Å². The molecule has 0 spiro atoms. The number of phenols is 1. The van der Waals surface area contributed by atoms with Gasteiger partial charge in [0.25, 0.3) is 0 Å². The molecule has 4 rings (SSSR count). The number of ether oxygens (including phenoxy) is 5. The van der Waals surface area contributed by atoms with Gasteiger partial charge in [-0.3, -0.25) is 4.79 Å². The molecule has 1 aliphatic heterocycles. The van der Waals surface area contributed by atoms with Crippen molar-refractivity contribution in [2.24, 2.45) is 0 Å². The van der Waals surface area contributed by atoms with E-state index in [4.69, 9.17) is 28.1 Å². The number of fused-ring (bicyclic) bond motifs is 1. The van der Waals surface area contributed by atoms with Crippen LogP contribution in [0.5, 0.6) is 28.7 Å². The Labute approximate surface area is 204 Å². The number of methoxy groups -OCH3 is 3. The Hall–Kier alpha value is -3.55. The van der Waals surface area contributed by atoms with Gasteiger partial charge in [-0.05, 0) is 24.3 Å². The lowest BCUT2D eigenvalue weighted by Crippen LogP contribution is -2.60. The van der Waals surface area contributed by atoms with Crippen molar-refractivity contribution >= 4 is 11.0 Å². The lowest BCUT2D eigenvalue weighted by molar-refractivity contribution is -0.277. The third-order valence-corrected chi connectivity index (χ3v) is 5.88. The zero-order valence-corrected chi connectivity index (χ0v) is 19.6. The van der Waals surface area contributed by atoms with E-state index in [1.54, 1.807) is 12.1 Å². The van der Waals surface area contributed by atoms with Crippen molar-refractivity contribution < 1.29 is 53.6 Å². The summed E-state index contributed by atoms with van der Waals surface area (Å²) in [6.07, 6.45) is -7.13. The molecule has 36 heavy (non-hydrogen) atoms.